The summed E-state index contributed by atoms with van der Waals surface area (Å²) in [5, 5.41) is 5.43. The fourth-order valence-electron chi connectivity index (χ4n) is 4.10. The van der Waals surface area contributed by atoms with Crippen LogP contribution in [0.25, 0.3) is 0 Å². The summed E-state index contributed by atoms with van der Waals surface area (Å²) in [4.78, 5) is 47.6. The third-order valence-corrected chi connectivity index (χ3v) is 5.69. The maximum Gasteiger partial charge on any atom is 0.258 e. The number of nitrogens with zero attached hydrogens (tertiary/aromatic N) is 2. The molecule has 30 heavy (non-hydrogen) atoms. The van der Waals surface area contributed by atoms with Crippen molar-refractivity contribution >= 4 is 29.3 Å². The molecule has 9 nitrogen and oxygen atoms in total. The molecule has 0 spiro atoms. The number of methoxy groups -OCH3 is 1. The van der Waals surface area contributed by atoms with Crippen molar-refractivity contribution in [1.29, 1.82) is 0 Å². The molecule has 0 saturated carbocycles. The molecular weight excluding hydrogens is 386 g/mol. The number of fused-ring (bicyclic) bond motifs is 1. The largest absolute Gasteiger partial charge is 0.495 e. The molecule has 2 aliphatic rings. The number of hydrogen-bond donors (Lipinski definition) is 3. The van der Waals surface area contributed by atoms with E-state index in [0.717, 1.165) is 25.8 Å². The lowest BCUT2D eigenvalue weighted by Crippen LogP contribution is -2.42. The number of anilines is 3. The average molecular weight is 411 g/mol. The molecule has 0 aliphatic carbocycles. The highest BCUT2D eigenvalue weighted by molar-refractivity contribution is 6.04. The van der Waals surface area contributed by atoms with Crippen molar-refractivity contribution in [3.63, 3.8) is 0 Å². The summed E-state index contributed by atoms with van der Waals surface area (Å²) in [6.45, 7) is 2.87. The lowest BCUT2D eigenvalue weighted by atomic mass is 9.92. The van der Waals surface area contributed by atoms with Crippen molar-refractivity contribution in [2.75, 3.05) is 29.2 Å². The number of nitrogens with one attached hydrogen (secondary N) is 3. The summed E-state index contributed by atoms with van der Waals surface area (Å²) >= 11 is 0. The first-order chi connectivity index (χ1) is 14.5. The summed E-state index contributed by atoms with van der Waals surface area (Å²) in [6.07, 6.45) is 3.03. The number of rotatable bonds is 4. The topological polar surface area (TPSA) is 116 Å². The third kappa shape index (κ3) is 3.74. The van der Waals surface area contributed by atoms with E-state index >= 15 is 0 Å². The first-order valence-corrected chi connectivity index (χ1v) is 10.1. The highest BCUT2D eigenvalue weighted by atomic mass is 16.5. The molecule has 4 rings (SSSR count). The Morgan fingerprint density at radius 1 is 1.27 bits per heavy atom. The minimum atomic E-state index is -0.942. The predicted octanol–water partition coefficient (Wildman–Crippen LogP) is 2.22. The van der Waals surface area contributed by atoms with Crippen molar-refractivity contribution in [3.8, 4) is 5.75 Å². The number of para-hydroxylation sites is 2. The second-order valence-corrected chi connectivity index (χ2v) is 7.68. The van der Waals surface area contributed by atoms with Crippen LogP contribution in [0.15, 0.2) is 29.1 Å². The number of aromatic amines is 1. The Hall–Kier alpha value is -3.36. The molecule has 2 atom stereocenters. The lowest BCUT2D eigenvalue weighted by Gasteiger charge is -2.34. The van der Waals surface area contributed by atoms with E-state index in [1.54, 1.807) is 24.3 Å². The molecule has 1 aromatic heterocycles. The van der Waals surface area contributed by atoms with Gasteiger partial charge in [0.2, 0.25) is 17.8 Å². The van der Waals surface area contributed by atoms with Crippen LogP contribution in [0.5, 0.6) is 5.75 Å². The van der Waals surface area contributed by atoms with Crippen LogP contribution < -0.4 is 25.8 Å². The standard InChI is InChI=1S/C21H25N5O4/c1-12-7-5-6-10-26(12)21-24-18-17(20(29)25-21)13(11-16(27)23-18)19(28)22-14-8-3-4-9-15(14)30-2/h3-4,8-9,12-13H,5-7,10-11H2,1-2H3,(H,22,28)(H2,23,24,25,27,29). The number of benzene rings is 1. The van der Waals surface area contributed by atoms with Gasteiger partial charge in [0.15, 0.2) is 0 Å². The van der Waals surface area contributed by atoms with Gasteiger partial charge in [-0.15, -0.1) is 0 Å². The van der Waals surface area contributed by atoms with Crippen molar-refractivity contribution in [2.24, 2.45) is 0 Å². The molecule has 158 valence electrons. The van der Waals surface area contributed by atoms with Gasteiger partial charge in [0.05, 0.1) is 24.3 Å². The summed E-state index contributed by atoms with van der Waals surface area (Å²) in [7, 11) is 1.51. The maximum absolute atomic E-state index is 13.0. The SMILES string of the molecule is COc1ccccc1NC(=O)C1CC(=O)Nc2nc(N3CCCCC3C)[nH]c(=O)c21. The summed E-state index contributed by atoms with van der Waals surface area (Å²) in [5.74, 6) is -0.670. The number of carbonyl (C=O) groups excluding carboxylic acids is 2. The number of hydrogen-bond acceptors (Lipinski definition) is 6. The van der Waals surface area contributed by atoms with Gasteiger partial charge in [0, 0.05) is 19.0 Å². The minimum Gasteiger partial charge on any atom is -0.495 e. The molecule has 1 aromatic carbocycles. The Morgan fingerprint density at radius 2 is 2.07 bits per heavy atom. The average Bonchev–Trinajstić information content (AvgIpc) is 2.73. The number of carbonyl (C=O) groups is 2. The van der Waals surface area contributed by atoms with E-state index in [1.165, 1.54) is 7.11 Å². The van der Waals surface area contributed by atoms with Crippen molar-refractivity contribution in [2.45, 2.75) is 44.6 Å². The molecule has 0 radical (unpaired) electrons. The van der Waals surface area contributed by atoms with Gasteiger partial charge >= 0.3 is 0 Å². The van der Waals surface area contributed by atoms with Gasteiger partial charge in [0.25, 0.3) is 5.56 Å². The van der Waals surface area contributed by atoms with Crippen LogP contribution in [-0.4, -0.2) is 41.5 Å². The van der Waals surface area contributed by atoms with E-state index in [1.807, 2.05) is 4.90 Å². The monoisotopic (exact) mass is 411 g/mol. The zero-order valence-electron chi connectivity index (χ0n) is 17.0. The Kier molecular flexibility index (Phi) is 5.43. The van der Waals surface area contributed by atoms with Gasteiger partial charge in [-0.2, -0.15) is 4.98 Å². The summed E-state index contributed by atoms with van der Waals surface area (Å²) < 4.78 is 5.26. The number of ether oxygens (including phenoxy) is 1. The molecule has 3 heterocycles. The Bertz CT molecular complexity index is 1030. The molecule has 0 bridgehead atoms. The van der Waals surface area contributed by atoms with Crippen LogP contribution in [-0.2, 0) is 9.59 Å². The highest BCUT2D eigenvalue weighted by Crippen LogP contribution is 2.32. The van der Waals surface area contributed by atoms with Gasteiger partial charge in [-0.05, 0) is 38.3 Å². The molecule has 2 aromatic rings. The minimum absolute atomic E-state index is 0.127. The number of aromatic nitrogens is 2. The Morgan fingerprint density at radius 3 is 2.83 bits per heavy atom. The van der Waals surface area contributed by atoms with Crippen LogP contribution in [0.4, 0.5) is 17.5 Å². The van der Waals surface area contributed by atoms with E-state index in [0.29, 0.717) is 17.4 Å². The van der Waals surface area contributed by atoms with E-state index in [2.05, 4.69) is 27.5 Å². The Labute approximate surface area is 173 Å². The van der Waals surface area contributed by atoms with Gasteiger partial charge in [-0.3, -0.25) is 19.4 Å². The van der Waals surface area contributed by atoms with Gasteiger partial charge in [-0.25, -0.2) is 0 Å². The van der Waals surface area contributed by atoms with E-state index in [9.17, 15) is 14.4 Å². The Balaban J connectivity index is 1.67. The zero-order chi connectivity index (χ0) is 21.3. The normalized spacial score (nSPS) is 20.9. The smallest absolute Gasteiger partial charge is 0.258 e. The zero-order valence-corrected chi connectivity index (χ0v) is 17.0. The molecule has 1 fully saturated rings. The van der Waals surface area contributed by atoms with E-state index in [4.69, 9.17) is 4.74 Å². The maximum atomic E-state index is 13.0. The van der Waals surface area contributed by atoms with Crippen LogP contribution in [0.3, 0.4) is 0 Å². The van der Waals surface area contributed by atoms with Crippen molar-refractivity contribution < 1.29 is 14.3 Å². The second kappa shape index (κ2) is 8.17. The third-order valence-electron chi connectivity index (χ3n) is 5.69. The summed E-state index contributed by atoms with van der Waals surface area (Å²) in [5.41, 5.74) is 0.240. The van der Waals surface area contributed by atoms with Gasteiger partial charge in [-0.1, -0.05) is 12.1 Å². The molecule has 2 amide bonds. The summed E-state index contributed by atoms with van der Waals surface area (Å²) in [6, 6.07) is 7.21. The number of H-pyrrole nitrogens is 1. The highest BCUT2D eigenvalue weighted by Gasteiger charge is 2.35. The fraction of sp³-hybridized carbons (Fsp3) is 0.429. The molecule has 2 aliphatic heterocycles. The second-order valence-electron chi connectivity index (χ2n) is 7.68. The first kappa shape index (κ1) is 19.9. The van der Waals surface area contributed by atoms with E-state index < -0.39 is 17.4 Å². The molecular formula is C21H25N5O4. The van der Waals surface area contributed by atoms with Crippen LogP contribution in [0.1, 0.15) is 44.1 Å². The van der Waals surface area contributed by atoms with Crippen LogP contribution >= 0.6 is 0 Å². The van der Waals surface area contributed by atoms with Crippen LogP contribution in [0.2, 0.25) is 0 Å². The first-order valence-electron chi connectivity index (χ1n) is 10.1. The lowest BCUT2D eigenvalue weighted by molar-refractivity contribution is -0.123. The van der Waals surface area contributed by atoms with E-state index in [-0.39, 0.29) is 29.8 Å². The van der Waals surface area contributed by atoms with Crippen molar-refractivity contribution in [3.05, 3.63) is 40.2 Å². The quantitative estimate of drug-likeness (QED) is 0.710. The predicted molar refractivity (Wildman–Crippen MR) is 113 cm³/mol. The number of amides is 2. The molecule has 2 unspecified atom stereocenters. The van der Waals surface area contributed by atoms with Crippen LogP contribution in [0, 0.1) is 0 Å². The van der Waals surface area contributed by atoms with Gasteiger partial charge in [0.1, 0.15) is 11.6 Å². The van der Waals surface area contributed by atoms with Gasteiger partial charge < -0.3 is 20.3 Å². The van der Waals surface area contributed by atoms with Crippen molar-refractivity contribution in [1.82, 2.24) is 9.97 Å². The fourth-order valence-corrected chi connectivity index (χ4v) is 4.10. The molecule has 9 heteroatoms. The molecule has 1 saturated heterocycles. The molecule has 3 N–H and O–H groups in total. The number of piperidine rings is 1.